The second-order valence-corrected chi connectivity index (χ2v) is 8.65. The quantitative estimate of drug-likeness (QED) is 0.433. The van der Waals surface area contributed by atoms with Gasteiger partial charge in [-0.3, -0.25) is 4.90 Å². The zero-order chi connectivity index (χ0) is 21.2. The molecule has 1 saturated heterocycles. The topological polar surface area (TPSA) is 75.6 Å². The second-order valence-electron chi connectivity index (χ2n) is 7.72. The van der Waals surface area contributed by atoms with Gasteiger partial charge in [-0.1, -0.05) is 29.8 Å². The van der Waals surface area contributed by atoms with E-state index in [4.69, 9.17) is 9.62 Å². The highest BCUT2D eigenvalue weighted by Gasteiger charge is 2.22. The number of imidazole rings is 1. The molecule has 0 aliphatic carbocycles. The van der Waals surface area contributed by atoms with Crippen LogP contribution < -0.4 is 4.90 Å². The molecule has 0 spiro atoms. The summed E-state index contributed by atoms with van der Waals surface area (Å²) in [7, 11) is 0. The van der Waals surface area contributed by atoms with Gasteiger partial charge in [0.2, 0.25) is 16.0 Å². The van der Waals surface area contributed by atoms with Gasteiger partial charge in [0.1, 0.15) is 5.82 Å². The Morgan fingerprint density at radius 2 is 1.90 bits per heavy atom. The maximum absolute atomic E-state index is 13.1. The minimum Gasteiger partial charge on any atom is -0.344 e. The van der Waals surface area contributed by atoms with Crippen molar-refractivity contribution in [1.29, 1.82) is 0 Å². The lowest BCUT2D eigenvalue weighted by atomic mass is 10.2. The van der Waals surface area contributed by atoms with Crippen LogP contribution in [-0.4, -0.2) is 55.8 Å². The van der Waals surface area contributed by atoms with Crippen molar-refractivity contribution < 1.29 is 8.91 Å². The summed E-state index contributed by atoms with van der Waals surface area (Å²) in [6.45, 7) is 6.49. The van der Waals surface area contributed by atoms with Crippen molar-refractivity contribution in [1.82, 2.24) is 29.6 Å². The summed E-state index contributed by atoms with van der Waals surface area (Å²) < 4.78 is 20.3. The molecule has 0 unspecified atom stereocenters. The zero-order valence-electron chi connectivity index (χ0n) is 17.4. The number of fused-ring (bicyclic) bond motifs is 1. The monoisotopic (exact) mass is 441 g/mol. The Kier molecular flexibility index (Phi) is 5.65. The molecular formula is C21H24FN7OS. The Balaban J connectivity index is 1.19. The third kappa shape index (κ3) is 4.45. The number of aromatic nitrogens is 5. The first kappa shape index (κ1) is 20.1. The van der Waals surface area contributed by atoms with E-state index in [2.05, 4.69) is 31.8 Å². The molecule has 0 N–H and O–H groups in total. The fraction of sp³-hybridized carbons (Fsp3) is 0.429. The highest BCUT2D eigenvalue weighted by Crippen LogP contribution is 2.27. The number of hydrogen-bond acceptors (Lipinski definition) is 8. The average molecular weight is 442 g/mol. The van der Waals surface area contributed by atoms with Crippen molar-refractivity contribution in [2.45, 2.75) is 32.7 Å². The van der Waals surface area contributed by atoms with Gasteiger partial charge in [0, 0.05) is 38.2 Å². The molecule has 0 amide bonds. The van der Waals surface area contributed by atoms with E-state index < -0.39 is 0 Å². The van der Waals surface area contributed by atoms with Gasteiger partial charge in [-0.15, -0.1) is 5.10 Å². The molecule has 0 atom stereocenters. The van der Waals surface area contributed by atoms with Crippen LogP contribution in [0.3, 0.4) is 0 Å². The summed E-state index contributed by atoms with van der Waals surface area (Å²) in [5.74, 6) is 1.25. The molecule has 5 rings (SSSR count). The van der Waals surface area contributed by atoms with Gasteiger partial charge in [-0.05, 0) is 30.7 Å². The van der Waals surface area contributed by atoms with Crippen molar-refractivity contribution in [3.05, 3.63) is 48.0 Å². The number of halogens is 1. The molecule has 0 radical (unpaired) electrons. The highest BCUT2D eigenvalue weighted by atomic mass is 32.1. The number of nitrogens with zero attached hydrogens (tertiary/aromatic N) is 7. The van der Waals surface area contributed by atoms with Crippen LogP contribution in [0, 0.1) is 5.82 Å². The Labute approximate surface area is 183 Å². The van der Waals surface area contributed by atoms with Gasteiger partial charge in [0.05, 0.1) is 18.4 Å². The molecule has 10 heteroatoms. The molecule has 1 aromatic carbocycles. The standard InChI is InChI=1S/C21H24FN7OS/c1-2-3-4-19-24-18(26-30-19)14-27-9-11-28(12-10-27)21-25-29-13-17(23-20(29)31-21)15-5-7-16(22)8-6-15/h5-8,13H,2-4,9-12,14H2,1H3. The second kappa shape index (κ2) is 8.72. The molecule has 0 saturated carbocycles. The van der Waals surface area contributed by atoms with E-state index in [9.17, 15) is 4.39 Å². The summed E-state index contributed by atoms with van der Waals surface area (Å²) in [6, 6.07) is 6.36. The van der Waals surface area contributed by atoms with Crippen LogP contribution in [0.5, 0.6) is 0 Å². The van der Waals surface area contributed by atoms with Crippen LogP contribution in [-0.2, 0) is 13.0 Å². The molecule has 31 heavy (non-hydrogen) atoms. The van der Waals surface area contributed by atoms with E-state index >= 15 is 0 Å². The predicted octanol–water partition coefficient (Wildman–Crippen LogP) is 3.64. The lowest BCUT2D eigenvalue weighted by molar-refractivity contribution is 0.239. The first-order valence-electron chi connectivity index (χ1n) is 10.6. The number of unbranched alkanes of at least 4 members (excludes halogenated alkanes) is 1. The third-order valence-corrected chi connectivity index (χ3v) is 6.42. The maximum Gasteiger partial charge on any atom is 0.226 e. The van der Waals surface area contributed by atoms with E-state index in [-0.39, 0.29) is 5.82 Å². The lowest BCUT2D eigenvalue weighted by Gasteiger charge is -2.33. The van der Waals surface area contributed by atoms with Gasteiger partial charge in [-0.25, -0.2) is 13.9 Å². The lowest BCUT2D eigenvalue weighted by Crippen LogP contribution is -2.46. The number of anilines is 1. The zero-order valence-corrected chi connectivity index (χ0v) is 18.2. The largest absolute Gasteiger partial charge is 0.344 e. The molecule has 0 bridgehead atoms. The van der Waals surface area contributed by atoms with Gasteiger partial charge < -0.3 is 9.42 Å². The van der Waals surface area contributed by atoms with Crippen LogP contribution in [0.2, 0.25) is 0 Å². The van der Waals surface area contributed by atoms with E-state index in [1.165, 1.54) is 12.1 Å². The third-order valence-electron chi connectivity index (χ3n) is 5.43. The van der Waals surface area contributed by atoms with Gasteiger partial charge in [0.25, 0.3) is 0 Å². The normalized spacial score (nSPS) is 15.2. The summed E-state index contributed by atoms with van der Waals surface area (Å²) in [6.07, 6.45) is 4.94. The molecular weight excluding hydrogens is 417 g/mol. The van der Waals surface area contributed by atoms with Crippen molar-refractivity contribution in [2.75, 3.05) is 31.1 Å². The first-order valence-corrected chi connectivity index (χ1v) is 11.4. The summed E-state index contributed by atoms with van der Waals surface area (Å²) in [4.78, 5) is 14.6. The van der Waals surface area contributed by atoms with Crippen molar-refractivity contribution in [3.8, 4) is 11.3 Å². The van der Waals surface area contributed by atoms with Crippen LogP contribution in [0.25, 0.3) is 16.2 Å². The molecule has 1 fully saturated rings. The van der Waals surface area contributed by atoms with E-state index in [1.54, 1.807) is 23.5 Å². The number of aryl methyl sites for hydroxylation is 1. The fourth-order valence-electron chi connectivity index (χ4n) is 3.66. The van der Waals surface area contributed by atoms with Crippen molar-refractivity contribution in [3.63, 3.8) is 0 Å². The van der Waals surface area contributed by atoms with Crippen molar-refractivity contribution >= 4 is 21.4 Å². The summed E-state index contributed by atoms with van der Waals surface area (Å²) >= 11 is 1.57. The highest BCUT2D eigenvalue weighted by molar-refractivity contribution is 7.20. The van der Waals surface area contributed by atoms with Gasteiger partial charge in [0.15, 0.2) is 5.82 Å². The van der Waals surface area contributed by atoms with Gasteiger partial charge >= 0.3 is 0 Å². The summed E-state index contributed by atoms with van der Waals surface area (Å²) in [5.41, 5.74) is 1.68. The fourth-order valence-corrected chi connectivity index (χ4v) is 4.59. The maximum atomic E-state index is 13.1. The molecule has 4 heterocycles. The minimum atomic E-state index is -0.249. The number of benzene rings is 1. The van der Waals surface area contributed by atoms with Crippen LogP contribution in [0.1, 0.15) is 31.5 Å². The number of piperazine rings is 1. The summed E-state index contributed by atoms with van der Waals surface area (Å²) in [5, 5.41) is 9.79. The predicted molar refractivity (Wildman–Crippen MR) is 117 cm³/mol. The van der Waals surface area contributed by atoms with Crippen LogP contribution in [0.15, 0.2) is 35.0 Å². The number of rotatable bonds is 7. The average Bonchev–Trinajstić information content (AvgIpc) is 3.48. The minimum absolute atomic E-state index is 0.249. The molecule has 1 aliphatic rings. The molecule has 3 aromatic heterocycles. The van der Waals surface area contributed by atoms with Crippen LogP contribution >= 0.6 is 11.3 Å². The molecule has 1 aliphatic heterocycles. The van der Waals surface area contributed by atoms with E-state index in [0.29, 0.717) is 6.54 Å². The number of hydrogen-bond donors (Lipinski definition) is 0. The first-order chi connectivity index (χ1) is 15.2. The van der Waals surface area contributed by atoms with E-state index in [1.807, 2.05) is 10.7 Å². The molecule has 8 nitrogen and oxygen atoms in total. The Hall–Kier alpha value is -2.85. The molecule has 162 valence electrons. The Morgan fingerprint density at radius 3 is 2.65 bits per heavy atom. The van der Waals surface area contributed by atoms with Crippen molar-refractivity contribution in [2.24, 2.45) is 0 Å². The van der Waals surface area contributed by atoms with E-state index in [0.717, 1.165) is 78.5 Å². The molecule has 4 aromatic rings. The SMILES string of the molecule is CCCCc1nc(CN2CCN(c3nn4cc(-c5ccc(F)cc5)nc4s3)CC2)no1. The Morgan fingerprint density at radius 1 is 1.10 bits per heavy atom. The van der Waals surface area contributed by atoms with Crippen LogP contribution in [0.4, 0.5) is 9.52 Å². The Bertz CT molecular complexity index is 1110. The van der Waals surface area contributed by atoms with Gasteiger partial charge in [-0.2, -0.15) is 4.98 Å². The smallest absolute Gasteiger partial charge is 0.226 e.